The Bertz CT molecular complexity index is 392. The summed E-state index contributed by atoms with van der Waals surface area (Å²) in [5.41, 5.74) is 0. The fourth-order valence-corrected chi connectivity index (χ4v) is 2.61. The van der Waals surface area contributed by atoms with Gasteiger partial charge in [0.15, 0.2) is 10.3 Å². The molecule has 1 atom stereocenters. The predicted octanol–water partition coefficient (Wildman–Crippen LogP) is 3.27. The van der Waals surface area contributed by atoms with Crippen LogP contribution in [0.15, 0.2) is 0 Å². The van der Waals surface area contributed by atoms with Gasteiger partial charge >= 0.3 is 0 Å². The molecule has 15 heavy (non-hydrogen) atoms. The van der Waals surface area contributed by atoms with Crippen LogP contribution in [-0.4, -0.2) is 11.0 Å². The van der Waals surface area contributed by atoms with E-state index < -0.39 is 0 Å². The first kappa shape index (κ1) is 10.7. The molecule has 1 aliphatic carbocycles. The highest BCUT2D eigenvalue weighted by Gasteiger charge is 2.24. The zero-order chi connectivity index (χ0) is 10.8. The third-order valence-corrected chi connectivity index (χ3v) is 3.72. The monoisotopic (exact) mass is 241 g/mol. The Morgan fingerprint density at radius 1 is 1.73 bits per heavy atom. The average Bonchev–Trinajstić information content (AvgIpc) is 2.90. The molecule has 3 nitrogen and oxygen atoms in total. The van der Waals surface area contributed by atoms with Crippen LogP contribution >= 0.6 is 22.9 Å². The topological polar surface area (TPSA) is 48.7 Å². The van der Waals surface area contributed by atoms with E-state index in [0.717, 1.165) is 11.0 Å². The summed E-state index contributed by atoms with van der Waals surface area (Å²) < 4.78 is 0. The molecule has 80 valence electrons. The number of aromatic nitrogens is 1. The summed E-state index contributed by atoms with van der Waals surface area (Å²) in [6.07, 6.45) is 3.89. The van der Waals surface area contributed by atoms with Crippen molar-refractivity contribution in [2.75, 3.05) is 5.32 Å². The number of hydrogen-bond acceptors (Lipinski definition) is 4. The fourth-order valence-electron chi connectivity index (χ4n) is 1.56. The highest BCUT2D eigenvalue weighted by atomic mass is 35.5. The molecule has 1 aromatic rings. The van der Waals surface area contributed by atoms with Gasteiger partial charge in [0, 0.05) is 6.04 Å². The molecule has 0 spiro atoms. The van der Waals surface area contributed by atoms with Gasteiger partial charge in [0.05, 0.1) is 0 Å². The van der Waals surface area contributed by atoms with Gasteiger partial charge in [-0.1, -0.05) is 35.8 Å². The molecule has 1 aliphatic rings. The molecule has 1 aromatic heterocycles. The average molecular weight is 242 g/mol. The predicted molar refractivity (Wildman–Crippen MR) is 62.3 cm³/mol. The van der Waals surface area contributed by atoms with Crippen molar-refractivity contribution >= 4 is 28.1 Å². The van der Waals surface area contributed by atoms with Crippen molar-refractivity contribution in [1.29, 1.82) is 5.26 Å². The first-order valence-corrected chi connectivity index (χ1v) is 6.21. The van der Waals surface area contributed by atoms with E-state index in [4.69, 9.17) is 16.9 Å². The molecule has 5 heteroatoms. The van der Waals surface area contributed by atoms with E-state index >= 15 is 0 Å². The van der Waals surface area contributed by atoms with Gasteiger partial charge in [-0.3, -0.25) is 0 Å². The van der Waals surface area contributed by atoms with E-state index in [2.05, 4.69) is 17.2 Å². The van der Waals surface area contributed by atoms with Crippen LogP contribution in [0.3, 0.4) is 0 Å². The molecule has 0 aliphatic heterocycles. The molecule has 1 unspecified atom stereocenters. The standard InChI is InChI=1S/C10H12ClN3S/c1-6(4-7-2-3-7)13-10-14-9(11)8(5-12)15-10/h6-7H,2-4H2,1H3,(H,13,14). The number of nitrogens with zero attached hydrogens (tertiary/aromatic N) is 2. The number of hydrogen-bond donors (Lipinski definition) is 1. The maximum atomic E-state index is 8.73. The van der Waals surface area contributed by atoms with E-state index in [-0.39, 0.29) is 0 Å². The van der Waals surface area contributed by atoms with Crippen molar-refractivity contribution in [1.82, 2.24) is 4.98 Å². The van der Waals surface area contributed by atoms with Crippen LogP contribution in [0.4, 0.5) is 5.13 Å². The lowest BCUT2D eigenvalue weighted by Gasteiger charge is -2.11. The Kier molecular flexibility index (Phi) is 3.13. The zero-order valence-corrected chi connectivity index (χ0v) is 10.0. The van der Waals surface area contributed by atoms with Gasteiger partial charge in [0.1, 0.15) is 10.9 Å². The van der Waals surface area contributed by atoms with Gasteiger partial charge in [-0.2, -0.15) is 5.26 Å². The van der Waals surface area contributed by atoms with Gasteiger partial charge in [0.2, 0.25) is 0 Å². The van der Waals surface area contributed by atoms with E-state index in [1.165, 1.54) is 30.6 Å². The maximum Gasteiger partial charge on any atom is 0.185 e. The summed E-state index contributed by atoms with van der Waals surface area (Å²) in [4.78, 5) is 4.58. The smallest absolute Gasteiger partial charge is 0.185 e. The third-order valence-electron chi connectivity index (χ3n) is 2.44. The SMILES string of the molecule is CC(CC1CC1)Nc1nc(Cl)c(C#N)s1. The molecule has 0 radical (unpaired) electrons. The molecule has 0 amide bonds. The number of thiazole rings is 1. The zero-order valence-electron chi connectivity index (χ0n) is 8.46. The van der Waals surface area contributed by atoms with Crippen LogP contribution in [0.25, 0.3) is 0 Å². The summed E-state index contributed by atoms with van der Waals surface area (Å²) >= 11 is 7.10. The molecule has 1 fully saturated rings. The van der Waals surface area contributed by atoms with Crippen molar-refractivity contribution in [2.24, 2.45) is 5.92 Å². The van der Waals surface area contributed by atoms with Crippen molar-refractivity contribution in [3.8, 4) is 6.07 Å². The van der Waals surface area contributed by atoms with E-state index in [1.54, 1.807) is 0 Å². The number of anilines is 1. The number of halogens is 1. The van der Waals surface area contributed by atoms with E-state index in [9.17, 15) is 0 Å². The molecule has 0 aromatic carbocycles. The van der Waals surface area contributed by atoms with Crippen molar-refractivity contribution < 1.29 is 0 Å². The molecule has 1 heterocycles. The van der Waals surface area contributed by atoms with Gasteiger partial charge < -0.3 is 5.32 Å². The molecule has 0 saturated heterocycles. The Morgan fingerprint density at radius 3 is 3.00 bits per heavy atom. The fraction of sp³-hybridized carbons (Fsp3) is 0.600. The van der Waals surface area contributed by atoms with Crippen LogP contribution in [0.1, 0.15) is 31.1 Å². The molecular weight excluding hydrogens is 230 g/mol. The second-order valence-electron chi connectivity index (χ2n) is 3.98. The summed E-state index contributed by atoms with van der Waals surface area (Å²) in [5, 5.41) is 13.1. The summed E-state index contributed by atoms with van der Waals surface area (Å²) in [6.45, 7) is 2.14. The molecule has 1 N–H and O–H groups in total. The van der Waals surface area contributed by atoms with Gasteiger partial charge in [-0.05, 0) is 19.3 Å². The lowest BCUT2D eigenvalue weighted by atomic mass is 10.2. The second-order valence-corrected chi connectivity index (χ2v) is 5.33. The normalized spacial score (nSPS) is 17.1. The summed E-state index contributed by atoms with van der Waals surface area (Å²) in [7, 11) is 0. The first-order chi connectivity index (χ1) is 7.19. The van der Waals surface area contributed by atoms with Crippen LogP contribution in [0.5, 0.6) is 0 Å². The molecule has 2 rings (SSSR count). The highest BCUT2D eigenvalue weighted by Crippen LogP contribution is 2.34. The number of nitriles is 1. The lowest BCUT2D eigenvalue weighted by molar-refractivity contribution is 0.642. The lowest BCUT2D eigenvalue weighted by Crippen LogP contribution is -2.15. The van der Waals surface area contributed by atoms with E-state index in [0.29, 0.717) is 16.1 Å². The summed E-state index contributed by atoms with van der Waals surface area (Å²) in [6, 6.07) is 2.43. The largest absolute Gasteiger partial charge is 0.359 e. The van der Waals surface area contributed by atoms with Gasteiger partial charge in [-0.15, -0.1) is 0 Å². The van der Waals surface area contributed by atoms with Crippen LogP contribution in [0.2, 0.25) is 5.15 Å². The molecular formula is C10H12ClN3S. The Hall–Kier alpha value is -0.790. The number of nitrogens with one attached hydrogen (secondary N) is 1. The quantitative estimate of drug-likeness (QED) is 0.880. The van der Waals surface area contributed by atoms with Gasteiger partial charge in [-0.25, -0.2) is 4.98 Å². The minimum absolute atomic E-state index is 0.309. The van der Waals surface area contributed by atoms with Crippen molar-refractivity contribution in [3.05, 3.63) is 10.0 Å². The van der Waals surface area contributed by atoms with Crippen LogP contribution in [0, 0.1) is 17.2 Å². The molecule has 0 bridgehead atoms. The third kappa shape index (κ3) is 2.83. The van der Waals surface area contributed by atoms with Crippen LogP contribution < -0.4 is 5.32 Å². The summed E-state index contributed by atoms with van der Waals surface area (Å²) in [5.74, 6) is 0.887. The minimum atomic E-state index is 0.309. The number of rotatable bonds is 4. The van der Waals surface area contributed by atoms with Crippen molar-refractivity contribution in [2.45, 2.75) is 32.2 Å². The Labute approximate surface area is 98.1 Å². The van der Waals surface area contributed by atoms with Crippen molar-refractivity contribution in [3.63, 3.8) is 0 Å². The second kappa shape index (κ2) is 4.38. The van der Waals surface area contributed by atoms with E-state index in [1.807, 2.05) is 6.07 Å². The Morgan fingerprint density at radius 2 is 2.47 bits per heavy atom. The maximum absolute atomic E-state index is 8.73. The minimum Gasteiger partial charge on any atom is -0.359 e. The van der Waals surface area contributed by atoms with Gasteiger partial charge in [0.25, 0.3) is 0 Å². The molecule has 1 saturated carbocycles. The Balaban J connectivity index is 1.94. The first-order valence-electron chi connectivity index (χ1n) is 5.02. The van der Waals surface area contributed by atoms with Crippen LogP contribution in [-0.2, 0) is 0 Å². The highest BCUT2D eigenvalue weighted by molar-refractivity contribution is 7.16.